The Kier molecular flexibility index (Phi) is 5.15. The molecule has 0 radical (unpaired) electrons. The Balaban J connectivity index is 2.33. The van der Waals surface area contributed by atoms with Crippen molar-refractivity contribution in [2.24, 2.45) is 0 Å². The molecule has 2 N–H and O–H groups in total. The zero-order valence-electron chi connectivity index (χ0n) is 9.36. The summed E-state index contributed by atoms with van der Waals surface area (Å²) in [6, 6.07) is 7.60. The Bertz CT molecular complexity index is 271. The summed E-state index contributed by atoms with van der Waals surface area (Å²) in [5.41, 5.74) is 1.19. The summed E-state index contributed by atoms with van der Waals surface area (Å²) in [5.74, 6) is 0.310. The summed E-state index contributed by atoms with van der Waals surface area (Å²) in [6.07, 6.45) is 1.01. The van der Waals surface area contributed by atoms with Crippen LogP contribution in [0.25, 0.3) is 0 Å². The molecule has 0 saturated carbocycles. The lowest BCUT2D eigenvalue weighted by Crippen LogP contribution is -2.20. The molecule has 1 atom stereocenters. The van der Waals surface area contributed by atoms with Crippen LogP contribution in [0.4, 0.5) is 0 Å². The van der Waals surface area contributed by atoms with E-state index in [4.69, 9.17) is 9.84 Å². The second-order valence-corrected chi connectivity index (χ2v) is 3.61. The van der Waals surface area contributed by atoms with Gasteiger partial charge in [0.2, 0.25) is 0 Å². The molecular formula is C12H19NO2. The Hall–Kier alpha value is -1.06. The van der Waals surface area contributed by atoms with Gasteiger partial charge in [0.1, 0.15) is 5.75 Å². The number of phenols is 1. The number of rotatable bonds is 6. The Morgan fingerprint density at radius 3 is 2.60 bits per heavy atom. The lowest BCUT2D eigenvalue weighted by molar-refractivity contribution is 0.193. The van der Waals surface area contributed by atoms with Gasteiger partial charge in [-0.2, -0.15) is 0 Å². The monoisotopic (exact) mass is 209 g/mol. The average Bonchev–Trinajstić information content (AvgIpc) is 2.25. The van der Waals surface area contributed by atoms with Gasteiger partial charge in [0, 0.05) is 19.8 Å². The fourth-order valence-electron chi connectivity index (χ4n) is 1.42. The molecule has 1 aromatic rings. The van der Waals surface area contributed by atoms with Crippen LogP contribution in [0, 0.1) is 0 Å². The SMILES string of the molecule is COCCCNC(C)c1ccc(O)cc1. The molecule has 1 rings (SSSR count). The van der Waals surface area contributed by atoms with Crippen molar-refractivity contribution < 1.29 is 9.84 Å². The molecule has 0 aliphatic carbocycles. The van der Waals surface area contributed by atoms with Gasteiger partial charge >= 0.3 is 0 Å². The minimum atomic E-state index is 0.308. The van der Waals surface area contributed by atoms with Crippen LogP contribution in [0.2, 0.25) is 0 Å². The molecule has 0 aliphatic rings. The van der Waals surface area contributed by atoms with E-state index in [1.807, 2.05) is 12.1 Å². The molecule has 0 saturated heterocycles. The highest BCUT2D eigenvalue weighted by atomic mass is 16.5. The highest BCUT2D eigenvalue weighted by Gasteiger charge is 2.03. The molecule has 0 amide bonds. The number of aromatic hydroxyl groups is 1. The number of hydrogen-bond donors (Lipinski definition) is 2. The van der Waals surface area contributed by atoms with Crippen molar-refractivity contribution in [2.75, 3.05) is 20.3 Å². The van der Waals surface area contributed by atoms with E-state index in [-0.39, 0.29) is 0 Å². The van der Waals surface area contributed by atoms with Crippen LogP contribution in [0.5, 0.6) is 5.75 Å². The molecule has 0 aromatic heterocycles. The summed E-state index contributed by atoms with van der Waals surface area (Å²) in [7, 11) is 1.71. The van der Waals surface area contributed by atoms with Crippen molar-refractivity contribution in [3.8, 4) is 5.75 Å². The summed E-state index contributed by atoms with van der Waals surface area (Å²) >= 11 is 0. The van der Waals surface area contributed by atoms with E-state index in [1.165, 1.54) is 5.56 Å². The number of nitrogens with one attached hydrogen (secondary N) is 1. The molecule has 0 heterocycles. The number of benzene rings is 1. The average molecular weight is 209 g/mol. The predicted octanol–water partition coefficient (Wildman–Crippen LogP) is 2.08. The van der Waals surface area contributed by atoms with E-state index < -0.39 is 0 Å². The molecule has 0 spiro atoms. The van der Waals surface area contributed by atoms with Gasteiger partial charge in [-0.15, -0.1) is 0 Å². The van der Waals surface area contributed by atoms with E-state index >= 15 is 0 Å². The second-order valence-electron chi connectivity index (χ2n) is 3.61. The molecule has 0 bridgehead atoms. The minimum Gasteiger partial charge on any atom is -0.508 e. The van der Waals surface area contributed by atoms with Crippen LogP contribution in [0.1, 0.15) is 24.9 Å². The van der Waals surface area contributed by atoms with Crippen LogP contribution in [0.15, 0.2) is 24.3 Å². The van der Waals surface area contributed by atoms with Crippen molar-refractivity contribution in [3.05, 3.63) is 29.8 Å². The maximum absolute atomic E-state index is 9.15. The van der Waals surface area contributed by atoms with Crippen LogP contribution in [0.3, 0.4) is 0 Å². The van der Waals surface area contributed by atoms with Crippen molar-refractivity contribution in [2.45, 2.75) is 19.4 Å². The maximum Gasteiger partial charge on any atom is 0.115 e. The van der Waals surface area contributed by atoms with Gasteiger partial charge in [0.25, 0.3) is 0 Å². The first kappa shape index (κ1) is 12.0. The van der Waals surface area contributed by atoms with E-state index in [2.05, 4.69) is 12.2 Å². The summed E-state index contributed by atoms with van der Waals surface area (Å²) in [6.45, 7) is 3.84. The summed E-state index contributed by atoms with van der Waals surface area (Å²) < 4.78 is 4.97. The fraction of sp³-hybridized carbons (Fsp3) is 0.500. The molecular weight excluding hydrogens is 190 g/mol. The Morgan fingerprint density at radius 1 is 1.33 bits per heavy atom. The van der Waals surface area contributed by atoms with Gasteiger partial charge in [0.15, 0.2) is 0 Å². The van der Waals surface area contributed by atoms with Crippen LogP contribution < -0.4 is 5.32 Å². The number of hydrogen-bond acceptors (Lipinski definition) is 3. The molecule has 84 valence electrons. The van der Waals surface area contributed by atoms with Crippen LogP contribution in [-0.2, 0) is 4.74 Å². The molecule has 15 heavy (non-hydrogen) atoms. The smallest absolute Gasteiger partial charge is 0.115 e. The first-order valence-corrected chi connectivity index (χ1v) is 5.25. The minimum absolute atomic E-state index is 0.308. The highest BCUT2D eigenvalue weighted by molar-refractivity contribution is 5.27. The van der Waals surface area contributed by atoms with E-state index in [0.717, 1.165) is 19.6 Å². The topological polar surface area (TPSA) is 41.5 Å². The van der Waals surface area contributed by atoms with E-state index in [1.54, 1.807) is 19.2 Å². The summed E-state index contributed by atoms with van der Waals surface area (Å²) in [4.78, 5) is 0. The van der Waals surface area contributed by atoms with Gasteiger partial charge in [0.05, 0.1) is 0 Å². The third kappa shape index (κ3) is 4.32. The number of phenolic OH excluding ortho intramolecular Hbond substituents is 1. The van der Waals surface area contributed by atoms with Crippen LogP contribution >= 0.6 is 0 Å². The second kappa shape index (κ2) is 6.43. The molecule has 3 nitrogen and oxygen atoms in total. The zero-order chi connectivity index (χ0) is 11.1. The van der Waals surface area contributed by atoms with E-state index in [9.17, 15) is 0 Å². The van der Waals surface area contributed by atoms with Crippen molar-refractivity contribution in [1.29, 1.82) is 0 Å². The van der Waals surface area contributed by atoms with Crippen molar-refractivity contribution in [1.82, 2.24) is 5.32 Å². The predicted molar refractivity (Wildman–Crippen MR) is 61.0 cm³/mol. The van der Waals surface area contributed by atoms with Gasteiger partial charge in [-0.3, -0.25) is 0 Å². The first-order valence-electron chi connectivity index (χ1n) is 5.25. The molecule has 1 unspecified atom stereocenters. The quantitative estimate of drug-likeness (QED) is 0.705. The third-order valence-corrected chi connectivity index (χ3v) is 2.37. The largest absolute Gasteiger partial charge is 0.508 e. The number of ether oxygens (including phenoxy) is 1. The van der Waals surface area contributed by atoms with Gasteiger partial charge in [-0.1, -0.05) is 12.1 Å². The van der Waals surface area contributed by atoms with Crippen molar-refractivity contribution in [3.63, 3.8) is 0 Å². The molecule has 0 fully saturated rings. The van der Waals surface area contributed by atoms with Gasteiger partial charge in [-0.25, -0.2) is 0 Å². The molecule has 3 heteroatoms. The molecule has 1 aromatic carbocycles. The van der Waals surface area contributed by atoms with Crippen molar-refractivity contribution >= 4 is 0 Å². The van der Waals surface area contributed by atoms with Crippen LogP contribution in [-0.4, -0.2) is 25.4 Å². The fourth-order valence-corrected chi connectivity index (χ4v) is 1.42. The molecule has 0 aliphatic heterocycles. The third-order valence-electron chi connectivity index (χ3n) is 2.37. The van der Waals surface area contributed by atoms with Gasteiger partial charge < -0.3 is 15.2 Å². The number of methoxy groups -OCH3 is 1. The lowest BCUT2D eigenvalue weighted by atomic mass is 10.1. The van der Waals surface area contributed by atoms with Gasteiger partial charge in [-0.05, 0) is 37.6 Å². The normalized spacial score (nSPS) is 12.7. The zero-order valence-corrected chi connectivity index (χ0v) is 9.36. The lowest BCUT2D eigenvalue weighted by Gasteiger charge is -2.13. The standard InChI is InChI=1S/C12H19NO2/c1-10(13-8-3-9-15-2)11-4-6-12(14)7-5-11/h4-7,10,13-14H,3,8-9H2,1-2H3. The first-order chi connectivity index (χ1) is 7.24. The maximum atomic E-state index is 9.15. The highest BCUT2D eigenvalue weighted by Crippen LogP contribution is 2.15. The van der Waals surface area contributed by atoms with E-state index in [0.29, 0.717) is 11.8 Å². The Morgan fingerprint density at radius 2 is 2.00 bits per heavy atom. The Labute approximate surface area is 91.1 Å². The summed E-state index contributed by atoms with van der Waals surface area (Å²) in [5, 5.41) is 12.5.